The van der Waals surface area contributed by atoms with Gasteiger partial charge in [0, 0.05) is 36.5 Å². The fourth-order valence-corrected chi connectivity index (χ4v) is 2.72. The van der Waals surface area contributed by atoms with Crippen LogP contribution in [0.1, 0.15) is 36.0 Å². The summed E-state index contributed by atoms with van der Waals surface area (Å²) in [6.07, 6.45) is 7.42. The third-order valence-electron chi connectivity index (χ3n) is 3.92. The van der Waals surface area contributed by atoms with Crippen LogP contribution in [0.25, 0.3) is 16.8 Å². The zero-order valence-corrected chi connectivity index (χ0v) is 13.2. The number of rotatable bonds is 7. The molecule has 0 atom stereocenters. The third-order valence-corrected chi connectivity index (χ3v) is 3.92. The monoisotopic (exact) mass is 325 g/mol. The zero-order chi connectivity index (χ0) is 16.9. The molecule has 3 heterocycles. The average molecular weight is 325 g/mol. The number of aliphatic hydroxyl groups is 1. The molecule has 0 saturated heterocycles. The normalized spacial score (nSPS) is 11.0. The molecule has 0 aromatic carbocycles. The van der Waals surface area contributed by atoms with Crippen LogP contribution in [0.2, 0.25) is 0 Å². The number of carbonyl (C=O) groups is 1. The molecule has 124 valence electrons. The minimum Gasteiger partial charge on any atom is -0.396 e. The summed E-state index contributed by atoms with van der Waals surface area (Å²) < 4.78 is 1.65. The number of carbonyl (C=O) groups excluding carboxylic acids is 1. The Morgan fingerprint density at radius 2 is 2.00 bits per heavy atom. The molecule has 7 heteroatoms. The smallest absolute Gasteiger partial charge is 0.165 e. The molecule has 0 fully saturated rings. The Hall–Kier alpha value is -2.80. The van der Waals surface area contributed by atoms with Gasteiger partial charge in [-0.1, -0.05) is 6.42 Å². The Bertz CT molecular complexity index is 845. The van der Waals surface area contributed by atoms with Crippen molar-refractivity contribution >= 4 is 17.1 Å². The second kappa shape index (κ2) is 7.18. The lowest BCUT2D eigenvalue weighted by Crippen LogP contribution is -2.04. The van der Waals surface area contributed by atoms with Gasteiger partial charge in [-0.25, -0.2) is 9.50 Å². The Kier molecular flexibility index (Phi) is 4.81. The minimum absolute atomic E-state index is 0.00671. The maximum absolute atomic E-state index is 12.6. The highest BCUT2D eigenvalue weighted by Crippen LogP contribution is 2.28. The summed E-state index contributed by atoms with van der Waals surface area (Å²) in [7, 11) is 0. The number of anilines is 1. The summed E-state index contributed by atoms with van der Waals surface area (Å²) in [6, 6.07) is 5.52. The minimum atomic E-state index is 0.00671. The van der Waals surface area contributed by atoms with Gasteiger partial charge >= 0.3 is 0 Å². The first-order chi connectivity index (χ1) is 11.7. The molecule has 0 spiro atoms. The predicted octanol–water partition coefficient (Wildman–Crippen LogP) is 2.11. The van der Waals surface area contributed by atoms with Gasteiger partial charge in [0.1, 0.15) is 11.8 Å². The summed E-state index contributed by atoms with van der Waals surface area (Å²) in [6.45, 7) is 0.149. The van der Waals surface area contributed by atoms with Crippen LogP contribution in [0.15, 0.2) is 36.9 Å². The van der Waals surface area contributed by atoms with E-state index in [4.69, 9.17) is 10.8 Å². The predicted molar refractivity (Wildman–Crippen MR) is 90.5 cm³/mol. The second-order valence-corrected chi connectivity index (χ2v) is 5.54. The van der Waals surface area contributed by atoms with Crippen molar-refractivity contribution in [2.45, 2.75) is 25.7 Å². The van der Waals surface area contributed by atoms with Gasteiger partial charge in [-0.05, 0) is 31.0 Å². The second-order valence-electron chi connectivity index (χ2n) is 5.54. The van der Waals surface area contributed by atoms with Crippen molar-refractivity contribution in [2.75, 3.05) is 12.3 Å². The SMILES string of the molecule is Nc1ncnn2c(-c3ccncc3)cc(C(=O)CCCCCO)c12. The van der Waals surface area contributed by atoms with E-state index in [-0.39, 0.29) is 18.2 Å². The number of hydrogen-bond acceptors (Lipinski definition) is 6. The lowest BCUT2D eigenvalue weighted by Gasteiger charge is -2.03. The van der Waals surface area contributed by atoms with Crippen LogP contribution in [0.4, 0.5) is 5.82 Å². The molecule has 0 aliphatic carbocycles. The number of aromatic nitrogens is 4. The first-order valence-corrected chi connectivity index (χ1v) is 7.89. The van der Waals surface area contributed by atoms with Gasteiger partial charge < -0.3 is 10.8 Å². The van der Waals surface area contributed by atoms with E-state index in [1.807, 2.05) is 18.2 Å². The number of hydrogen-bond donors (Lipinski definition) is 2. The van der Waals surface area contributed by atoms with Crippen molar-refractivity contribution in [1.82, 2.24) is 19.6 Å². The van der Waals surface area contributed by atoms with E-state index in [1.54, 1.807) is 16.9 Å². The van der Waals surface area contributed by atoms with Crippen LogP contribution >= 0.6 is 0 Å². The van der Waals surface area contributed by atoms with Crippen LogP contribution < -0.4 is 5.73 Å². The first-order valence-electron chi connectivity index (χ1n) is 7.89. The lowest BCUT2D eigenvalue weighted by molar-refractivity contribution is 0.0980. The Morgan fingerprint density at radius 3 is 2.75 bits per heavy atom. The maximum atomic E-state index is 12.6. The molecule has 0 saturated carbocycles. The molecule has 0 radical (unpaired) electrons. The molecular weight excluding hydrogens is 306 g/mol. The molecule has 0 aliphatic rings. The molecule has 0 unspecified atom stereocenters. The van der Waals surface area contributed by atoms with E-state index in [1.165, 1.54) is 6.33 Å². The summed E-state index contributed by atoms with van der Waals surface area (Å²) in [5.74, 6) is 0.288. The van der Waals surface area contributed by atoms with E-state index in [9.17, 15) is 4.79 Å². The van der Waals surface area contributed by atoms with Crippen molar-refractivity contribution in [2.24, 2.45) is 0 Å². The van der Waals surface area contributed by atoms with Crippen LogP contribution in [0.3, 0.4) is 0 Å². The Morgan fingerprint density at radius 1 is 1.21 bits per heavy atom. The molecule has 0 aliphatic heterocycles. The number of unbranched alkanes of at least 4 members (excludes halogenated alkanes) is 2. The molecule has 0 amide bonds. The topological polar surface area (TPSA) is 106 Å². The number of pyridine rings is 1. The van der Waals surface area contributed by atoms with E-state index >= 15 is 0 Å². The molecule has 24 heavy (non-hydrogen) atoms. The zero-order valence-electron chi connectivity index (χ0n) is 13.2. The number of nitrogen functional groups attached to an aromatic ring is 1. The first kappa shape index (κ1) is 16.1. The van der Waals surface area contributed by atoms with E-state index in [0.717, 1.165) is 24.1 Å². The van der Waals surface area contributed by atoms with E-state index in [0.29, 0.717) is 23.9 Å². The number of fused-ring (bicyclic) bond motifs is 1. The third kappa shape index (κ3) is 3.11. The Balaban J connectivity index is 2.00. The highest BCUT2D eigenvalue weighted by Gasteiger charge is 2.19. The molecule has 3 N–H and O–H groups in total. The number of nitrogens with two attached hydrogens (primary N) is 1. The number of Topliss-reactive ketones (excluding diaryl/α,β-unsaturated/α-hetero) is 1. The van der Waals surface area contributed by atoms with E-state index in [2.05, 4.69) is 15.1 Å². The fraction of sp³-hybridized carbons (Fsp3) is 0.294. The highest BCUT2D eigenvalue weighted by molar-refractivity contribution is 6.06. The maximum Gasteiger partial charge on any atom is 0.165 e. The molecule has 3 aromatic rings. The lowest BCUT2D eigenvalue weighted by atomic mass is 10.0. The number of nitrogens with zero attached hydrogens (tertiary/aromatic N) is 4. The van der Waals surface area contributed by atoms with Gasteiger partial charge in [0.05, 0.1) is 5.69 Å². The highest BCUT2D eigenvalue weighted by atomic mass is 16.2. The summed E-state index contributed by atoms with van der Waals surface area (Å²) in [5.41, 5.74) is 8.74. The standard InChI is InChI=1S/C17H19N5O2/c18-17-16-13(15(24)4-2-1-3-9-23)10-14(22(16)21-11-20-17)12-5-7-19-8-6-12/h5-8,10-11,23H,1-4,9H2,(H2,18,20,21). The van der Waals surface area contributed by atoms with Crippen LogP contribution in [0, 0.1) is 0 Å². The Labute approximate surface area is 139 Å². The number of ketones is 1. The van der Waals surface area contributed by atoms with Crippen molar-refractivity contribution in [1.29, 1.82) is 0 Å². The van der Waals surface area contributed by atoms with Gasteiger partial charge in [-0.3, -0.25) is 9.78 Å². The molecule has 3 rings (SSSR count). The van der Waals surface area contributed by atoms with Gasteiger partial charge in [-0.15, -0.1) is 0 Å². The van der Waals surface area contributed by atoms with Crippen molar-refractivity contribution < 1.29 is 9.90 Å². The summed E-state index contributed by atoms with van der Waals surface area (Å²) in [4.78, 5) is 20.6. The van der Waals surface area contributed by atoms with Crippen molar-refractivity contribution in [3.8, 4) is 11.3 Å². The van der Waals surface area contributed by atoms with Gasteiger partial charge in [-0.2, -0.15) is 5.10 Å². The summed E-state index contributed by atoms with van der Waals surface area (Å²) >= 11 is 0. The molecule has 3 aromatic heterocycles. The van der Waals surface area contributed by atoms with Crippen LogP contribution in [-0.2, 0) is 0 Å². The van der Waals surface area contributed by atoms with Crippen molar-refractivity contribution in [3.05, 3.63) is 42.5 Å². The van der Waals surface area contributed by atoms with Crippen LogP contribution in [-0.4, -0.2) is 37.1 Å². The van der Waals surface area contributed by atoms with Crippen molar-refractivity contribution in [3.63, 3.8) is 0 Å². The quantitative estimate of drug-likeness (QED) is 0.509. The molecule has 7 nitrogen and oxygen atoms in total. The van der Waals surface area contributed by atoms with E-state index < -0.39 is 0 Å². The number of aliphatic hydroxyl groups excluding tert-OH is 1. The molecular formula is C17H19N5O2. The van der Waals surface area contributed by atoms with Gasteiger partial charge in [0.15, 0.2) is 11.6 Å². The van der Waals surface area contributed by atoms with Crippen LogP contribution in [0.5, 0.6) is 0 Å². The largest absolute Gasteiger partial charge is 0.396 e. The average Bonchev–Trinajstić information content (AvgIpc) is 3.00. The molecule has 0 bridgehead atoms. The van der Waals surface area contributed by atoms with Gasteiger partial charge in [0.2, 0.25) is 0 Å². The fourth-order valence-electron chi connectivity index (χ4n) is 2.72. The van der Waals surface area contributed by atoms with Gasteiger partial charge in [0.25, 0.3) is 0 Å². The summed E-state index contributed by atoms with van der Waals surface area (Å²) in [5, 5.41) is 13.1.